The van der Waals surface area contributed by atoms with E-state index in [-0.39, 0.29) is 11.8 Å². The van der Waals surface area contributed by atoms with E-state index in [1.807, 2.05) is 12.1 Å². The van der Waals surface area contributed by atoms with E-state index >= 15 is 0 Å². The number of benzene rings is 1. The van der Waals surface area contributed by atoms with Crippen molar-refractivity contribution >= 4 is 23.5 Å². The molecule has 1 aliphatic heterocycles. The molecule has 0 aromatic heterocycles. The zero-order chi connectivity index (χ0) is 12.4. The smallest absolute Gasteiger partial charge is 0.318 e. The zero-order valence-corrected chi connectivity index (χ0v) is 10.0. The van der Waals surface area contributed by atoms with Gasteiger partial charge in [-0.15, -0.1) is 0 Å². The molecule has 0 bridgehead atoms. The van der Waals surface area contributed by atoms with Gasteiger partial charge >= 0.3 is 5.97 Å². The van der Waals surface area contributed by atoms with E-state index in [9.17, 15) is 9.59 Å². The predicted molar refractivity (Wildman–Crippen MR) is 62.7 cm³/mol. The fraction of sp³-hybridized carbons (Fsp3) is 0.333. The number of nitrogens with one attached hydrogen (secondary N) is 1. The molecule has 2 rings (SSSR count). The largest absolute Gasteiger partial charge is 0.468 e. The van der Waals surface area contributed by atoms with Crippen LogP contribution in [0.1, 0.15) is 11.5 Å². The third kappa shape index (κ3) is 2.26. The topological polar surface area (TPSA) is 55.4 Å². The lowest BCUT2D eigenvalue weighted by Crippen LogP contribution is -2.28. The van der Waals surface area contributed by atoms with Gasteiger partial charge in [-0.2, -0.15) is 0 Å². The van der Waals surface area contributed by atoms with Crippen LogP contribution in [0, 0.1) is 5.92 Å². The quantitative estimate of drug-likeness (QED) is 0.639. The molecule has 4 nitrogen and oxygen atoms in total. The lowest BCUT2D eigenvalue weighted by atomic mass is 9.89. The minimum Gasteiger partial charge on any atom is -0.468 e. The van der Waals surface area contributed by atoms with Gasteiger partial charge in [0.25, 0.3) is 0 Å². The van der Waals surface area contributed by atoms with Crippen molar-refractivity contribution in [1.29, 1.82) is 0 Å². The maximum atomic E-state index is 11.6. The second-order valence-electron chi connectivity index (χ2n) is 3.90. The van der Waals surface area contributed by atoms with Crippen LogP contribution in [0.4, 0.5) is 0 Å². The molecule has 1 aliphatic rings. The maximum absolute atomic E-state index is 11.6. The number of rotatable bonds is 2. The fourth-order valence-electron chi connectivity index (χ4n) is 2.04. The van der Waals surface area contributed by atoms with Crippen molar-refractivity contribution in [2.24, 2.45) is 5.92 Å². The fourth-order valence-corrected chi connectivity index (χ4v) is 2.17. The first-order valence-corrected chi connectivity index (χ1v) is 5.62. The molecule has 0 radical (unpaired) electrons. The summed E-state index contributed by atoms with van der Waals surface area (Å²) in [5.74, 6) is -1.73. The Labute approximate surface area is 104 Å². The summed E-state index contributed by atoms with van der Waals surface area (Å²) in [6.45, 7) is 0.445. The molecule has 5 heteroatoms. The van der Waals surface area contributed by atoms with Crippen molar-refractivity contribution in [3.63, 3.8) is 0 Å². The number of hydrogen-bond acceptors (Lipinski definition) is 3. The average Bonchev–Trinajstić information content (AvgIpc) is 2.71. The Hall–Kier alpha value is -1.55. The minimum absolute atomic E-state index is 0.188. The Kier molecular flexibility index (Phi) is 3.33. The van der Waals surface area contributed by atoms with Crippen LogP contribution in [0.25, 0.3) is 0 Å². The van der Waals surface area contributed by atoms with Gasteiger partial charge in [-0.1, -0.05) is 23.7 Å². The molecule has 90 valence electrons. The van der Waals surface area contributed by atoms with Crippen molar-refractivity contribution in [3.05, 3.63) is 34.9 Å². The molecule has 1 aromatic rings. The number of carbonyl (C=O) groups excluding carboxylic acids is 2. The summed E-state index contributed by atoms with van der Waals surface area (Å²) in [7, 11) is 1.28. The van der Waals surface area contributed by atoms with Crippen molar-refractivity contribution in [2.75, 3.05) is 13.7 Å². The number of carbonyl (C=O) groups is 2. The highest BCUT2D eigenvalue weighted by atomic mass is 35.5. The molecule has 1 N–H and O–H groups in total. The third-order valence-corrected chi connectivity index (χ3v) is 3.19. The van der Waals surface area contributed by atoms with Gasteiger partial charge < -0.3 is 10.1 Å². The first-order valence-electron chi connectivity index (χ1n) is 5.24. The van der Waals surface area contributed by atoms with Crippen LogP contribution in [-0.4, -0.2) is 25.5 Å². The minimum atomic E-state index is -0.763. The molecule has 2 atom stereocenters. The third-order valence-electron chi connectivity index (χ3n) is 2.93. The van der Waals surface area contributed by atoms with E-state index in [1.165, 1.54) is 7.11 Å². The van der Waals surface area contributed by atoms with Crippen molar-refractivity contribution in [2.45, 2.75) is 5.92 Å². The molecule has 1 aromatic carbocycles. The number of ether oxygens (including phenoxy) is 1. The van der Waals surface area contributed by atoms with Crippen LogP contribution in [0.2, 0.25) is 5.02 Å². The summed E-state index contributed by atoms with van der Waals surface area (Å²) >= 11 is 5.80. The highest BCUT2D eigenvalue weighted by molar-refractivity contribution is 6.30. The van der Waals surface area contributed by atoms with Crippen LogP contribution in [0.5, 0.6) is 0 Å². The van der Waals surface area contributed by atoms with E-state index in [4.69, 9.17) is 11.6 Å². The van der Waals surface area contributed by atoms with E-state index in [1.54, 1.807) is 12.1 Å². The van der Waals surface area contributed by atoms with Crippen molar-refractivity contribution < 1.29 is 14.3 Å². The van der Waals surface area contributed by atoms with Gasteiger partial charge in [0.2, 0.25) is 5.91 Å². The van der Waals surface area contributed by atoms with Crippen LogP contribution >= 0.6 is 11.6 Å². The first kappa shape index (κ1) is 11.9. The summed E-state index contributed by atoms with van der Waals surface area (Å²) in [4.78, 5) is 23.2. The number of esters is 1. The molecule has 0 unspecified atom stereocenters. The summed E-state index contributed by atoms with van der Waals surface area (Å²) in [6.07, 6.45) is 0. The molecular formula is C12H12ClNO3. The van der Waals surface area contributed by atoms with Gasteiger partial charge in [0, 0.05) is 17.5 Å². The summed E-state index contributed by atoms with van der Waals surface area (Å²) < 4.78 is 4.65. The van der Waals surface area contributed by atoms with E-state index in [0.717, 1.165) is 5.56 Å². The number of halogens is 1. The average molecular weight is 254 g/mol. The summed E-state index contributed by atoms with van der Waals surface area (Å²) in [6, 6.07) is 7.13. The van der Waals surface area contributed by atoms with Gasteiger partial charge in [0.05, 0.1) is 7.11 Å². The Morgan fingerprint density at radius 2 is 2.06 bits per heavy atom. The maximum Gasteiger partial charge on any atom is 0.318 e. The van der Waals surface area contributed by atoms with Crippen LogP contribution in [0.3, 0.4) is 0 Å². The monoisotopic (exact) mass is 253 g/mol. The molecule has 0 aliphatic carbocycles. The van der Waals surface area contributed by atoms with Crippen molar-refractivity contribution in [1.82, 2.24) is 5.32 Å². The Morgan fingerprint density at radius 3 is 2.65 bits per heavy atom. The summed E-state index contributed by atoms with van der Waals surface area (Å²) in [5.41, 5.74) is 0.906. The Balaban J connectivity index is 2.28. The highest BCUT2D eigenvalue weighted by Gasteiger charge is 2.41. The van der Waals surface area contributed by atoms with Gasteiger partial charge in [0.15, 0.2) is 0 Å². The second-order valence-corrected chi connectivity index (χ2v) is 4.34. The molecule has 1 saturated heterocycles. The zero-order valence-electron chi connectivity index (χ0n) is 9.27. The van der Waals surface area contributed by atoms with Gasteiger partial charge in [-0.25, -0.2) is 0 Å². The summed E-state index contributed by atoms with van der Waals surface area (Å²) in [5, 5.41) is 3.30. The number of hydrogen-bond donors (Lipinski definition) is 1. The van der Waals surface area contributed by atoms with E-state index in [0.29, 0.717) is 11.6 Å². The standard InChI is InChI=1S/C12H12ClNO3/c1-17-12(16)10-9(6-14-11(10)15)7-2-4-8(13)5-3-7/h2-5,9-10H,6H2,1H3,(H,14,15)/t9-,10+/m0/s1. The lowest BCUT2D eigenvalue weighted by molar-refractivity contribution is -0.149. The van der Waals surface area contributed by atoms with E-state index in [2.05, 4.69) is 10.1 Å². The van der Waals surface area contributed by atoms with Crippen LogP contribution in [0.15, 0.2) is 24.3 Å². The number of methoxy groups -OCH3 is 1. The molecule has 1 heterocycles. The molecule has 1 fully saturated rings. The van der Waals surface area contributed by atoms with Crippen LogP contribution < -0.4 is 5.32 Å². The highest BCUT2D eigenvalue weighted by Crippen LogP contribution is 2.30. The van der Waals surface area contributed by atoms with E-state index < -0.39 is 11.9 Å². The van der Waals surface area contributed by atoms with Gasteiger partial charge in [0.1, 0.15) is 5.92 Å². The molecule has 1 amide bonds. The molecule has 0 saturated carbocycles. The Bertz CT molecular complexity index is 444. The lowest BCUT2D eigenvalue weighted by Gasteiger charge is -2.14. The second kappa shape index (κ2) is 4.75. The molecule has 17 heavy (non-hydrogen) atoms. The first-order chi connectivity index (χ1) is 8.13. The predicted octanol–water partition coefficient (Wildman–Crippen LogP) is 1.34. The van der Waals surface area contributed by atoms with Gasteiger partial charge in [-0.3, -0.25) is 9.59 Å². The SMILES string of the molecule is COC(=O)[C@H]1C(=O)NC[C@H]1c1ccc(Cl)cc1. The molecule has 0 spiro atoms. The van der Waals surface area contributed by atoms with Crippen LogP contribution in [-0.2, 0) is 14.3 Å². The van der Waals surface area contributed by atoms with Crippen molar-refractivity contribution in [3.8, 4) is 0 Å². The normalized spacial score (nSPS) is 23.3. The number of amides is 1. The van der Waals surface area contributed by atoms with Gasteiger partial charge in [-0.05, 0) is 17.7 Å². The molecular weight excluding hydrogens is 242 g/mol. The Morgan fingerprint density at radius 1 is 1.41 bits per heavy atom.